The van der Waals surface area contributed by atoms with Gasteiger partial charge in [0.05, 0.1) is 0 Å². The average molecular weight is 473 g/mol. The van der Waals surface area contributed by atoms with Crippen LogP contribution in [0.25, 0.3) is 0 Å². The fourth-order valence-electron chi connectivity index (χ4n) is 0.859. The molecule has 0 spiro atoms. The predicted octanol–water partition coefficient (Wildman–Crippen LogP) is 0.281. The molecule has 0 rings (SSSR count). The summed E-state index contributed by atoms with van der Waals surface area (Å²) in [5, 5.41) is 0. The molecule has 0 unspecified atom stereocenters. The van der Waals surface area contributed by atoms with Gasteiger partial charge in [-0.15, -0.1) is 0 Å². The summed E-state index contributed by atoms with van der Waals surface area (Å²) < 4.78 is 0. The molecule has 0 aromatic rings. The van der Waals surface area contributed by atoms with E-state index in [9.17, 15) is 28.8 Å². The summed E-state index contributed by atoms with van der Waals surface area (Å²) in [6, 6.07) is 0. The van der Waals surface area contributed by atoms with Gasteiger partial charge in [-0.1, -0.05) is 0 Å². The van der Waals surface area contributed by atoms with Crippen molar-refractivity contribution in [2.45, 2.75) is 41.5 Å². The quantitative estimate of drug-likeness (QED) is 0.403. The number of carbonyl (C=O) groups excluding carboxylic acids is 6. The SMILES string of the molecule is CC(=O)[CH-]C(C)=O.CC(=O)[CH-]C(C)=O.CC(=O)[CH-]C(C)=O.O.[Gd+3]. The first-order valence-electron chi connectivity index (χ1n) is 5.96. The van der Waals surface area contributed by atoms with Gasteiger partial charge in [0.25, 0.3) is 0 Å². The van der Waals surface area contributed by atoms with Gasteiger partial charge in [0, 0.05) is 34.7 Å². The molecule has 0 saturated heterocycles. The van der Waals surface area contributed by atoms with Gasteiger partial charge in [-0.05, 0) is 41.5 Å². The van der Waals surface area contributed by atoms with Crippen molar-refractivity contribution in [2.75, 3.05) is 0 Å². The first-order chi connectivity index (χ1) is 9.38. The number of hydrogen-bond acceptors (Lipinski definition) is 6. The molecule has 0 saturated carbocycles. The van der Waals surface area contributed by atoms with E-state index in [2.05, 4.69) is 0 Å². The summed E-state index contributed by atoms with van der Waals surface area (Å²) in [6.07, 6.45) is 3.17. The third kappa shape index (κ3) is 62.8. The molecule has 1 radical (unpaired) electrons. The number of rotatable bonds is 6. The summed E-state index contributed by atoms with van der Waals surface area (Å²) in [7, 11) is 0. The van der Waals surface area contributed by atoms with Crippen molar-refractivity contribution in [1.82, 2.24) is 0 Å². The number of carbonyl (C=O) groups is 6. The summed E-state index contributed by atoms with van der Waals surface area (Å²) in [4.78, 5) is 59.9. The summed E-state index contributed by atoms with van der Waals surface area (Å²) >= 11 is 0. The minimum absolute atomic E-state index is 0. The van der Waals surface area contributed by atoms with Crippen molar-refractivity contribution >= 4 is 34.7 Å². The second kappa shape index (κ2) is 20.9. The maximum Gasteiger partial charge on any atom is 3.00 e. The maximum absolute atomic E-state index is 9.98. The Morgan fingerprint density at radius 3 is 0.522 bits per heavy atom. The van der Waals surface area contributed by atoms with Crippen LogP contribution in [0.1, 0.15) is 41.5 Å². The molecule has 0 aliphatic rings. The van der Waals surface area contributed by atoms with Crippen LogP contribution in [-0.2, 0) is 28.8 Å². The topological polar surface area (TPSA) is 134 Å². The van der Waals surface area contributed by atoms with Crippen LogP contribution in [0.15, 0.2) is 0 Å². The Hall–Kier alpha value is -1.09. The van der Waals surface area contributed by atoms with E-state index in [0.717, 1.165) is 19.3 Å². The minimum atomic E-state index is -0.187. The van der Waals surface area contributed by atoms with Crippen LogP contribution in [0.3, 0.4) is 0 Å². The van der Waals surface area contributed by atoms with Crippen LogP contribution in [-0.4, -0.2) is 40.2 Å². The molecular formula is C15H23GdO7. The summed E-state index contributed by atoms with van der Waals surface area (Å²) in [5.74, 6) is -1.12. The van der Waals surface area contributed by atoms with E-state index in [-0.39, 0.29) is 80.1 Å². The van der Waals surface area contributed by atoms with Crippen molar-refractivity contribution in [2.24, 2.45) is 0 Å². The van der Waals surface area contributed by atoms with Crippen LogP contribution in [0.5, 0.6) is 0 Å². The molecule has 2 N–H and O–H groups in total. The summed E-state index contributed by atoms with van der Waals surface area (Å²) in [6.45, 7) is 8.09. The van der Waals surface area contributed by atoms with Crippen molar-refractivity contribution in [3.63, 3.8) is 0 Å². The molecule has 0 amide bonds. The molecule has 0 aliphatic heterocycles. The molecule has 0 heterocycles. The second-order valence-corrected chi connectivity index (χ2v) is 4.10. The molecule has 7 nitrogen and oxygen atoms in total. The van der Waals surface area contributed by atoms with E-state index in [1.54, 1.807) is 0 Å². The van der Waals surface area contributed by atoms with Crippen LogP contribution >= 0.6 is 0 Å². The fourth-order valence-corrected chi connectivity index (χ4v) is 0.859. The van der Waals surface area contributed by atoms with Crippen LogP contribution in [0.4, 0.5) is 0 Å². The van der Waals surface area contributed by atoms with Gasteiger partial charge in [-0.3, -0.25) is 19.3 Å². The van der Waals surface area contributed by atoms with Gasteiger partial charge in [0.2, 0.25) is 0 Å². The molecule has 0 atom stereocenters. The van der Waals surface area contributed by atoms with E-state index in [4.69, 9.17) is 0 Å². The summed E-state index contributed by atoms with van der Waals surface area (Å²) in [5.41, 5.74) is 0. The minimum Gasteiger partial charge on any atom is -0.412 e. The smallest absolute Gasteiger partial charge is 0.412 e. The molecule has 8 heteroatoms. The molecule has 0 aliphatic carbocycles. The van der Waals surface area contributed by atoms with Gasteiger partial charge < -0.3 is 34.2 Å². The van der Waals surface area contributed by atoms with Crippen LogP contribution in [0.2, 0.25) is 0 Å². The molecule has 23 heavy (non-hydrogen) atoms. The average Bonchev–Trinajstić information content (AvgIpc) is 2.10. The van der Waals surface area contributed by atoms with E-state index >= 15 is 0 Å². The molecule has 0 aromatic carbocycles. The Bertz CT molecular complexity index is 316. The van der Waals surface area contributed by atoms with Crippen LogP contribution in [0, 0.1) is 59.2 Å². The van der Waals surface area contributed by atoms with E-state index in [1.807, 2.05) is 0 Å². The first-order valence-corrected chi connectivity index (χ1v) is 5.96. The predicted molar refractivity (Wildman–Crippen MR) is 80.6 cm³/mol. The Balaban J connectivity index is -0.0000000675. The van der Waals surface area contributed by atoms with Crippen molar-refractivity contribution in [1.29, 1.82) is 0 Å². The van der Waals surface area contributed by atoms with Crippen molar-refractivity contribution < 1.29 is 74.2 Å². The zero-order valence-corrected chi connectivity index (χ0v) is 16.3. The largest absolute Gasteiger partial charge is 3.00 e. The van der Waals surface area contributed by atoms with Gasteiger partial charge >= 0.3 is 39.9 Å². The zero-order chi connectivity index (χ0) is 17.6. The molecule has 0 aromatic heterocycles. The van der Waals surface area contributed by atoms with E-state index in [0.29, 0.717) is 0 Å². The third-order valence-corrected chi connectivity index (χ3v) is 1.22. The van der Waals surface area contributed by atoms with E-state index < -0.39 is 0 Å². The normalized spacial score (nSPS) is 7.04. The van der Waals surface area contributed by atoms with Crippen molar-refractivity contribution in [3.05, 3.63) is 19.3 Å². The van der Waals surface area contributed by atoms with Gasteiger partial charge in [0.1, 0.15) is 0 Å². The molecule has 0 bridgehead atoms. The fraction of sp³-hybridized carbons (Fsp3) is 0.400. The Morgan fingerprint density at radius 1 is 0.435 bits per heavy atom. The monoisotopic (exact) mass is 473 g/mol. The molecule has 0 fully saturated rings. The maximum atomic E-state index is 9.98. The standard InChI is InChI=1S/3C5H7O2.Gd.H2O/c3*1-4(6)3-5(2)7;;/h3*3H,1-2H3;;1H2/q3*-1;+3;. The Morgan fingerprint density at radius 2 is 0.522 bits per heavy atom. The molecule has 133 valence electrons. The number of hydrogen-bond donors (Lipinski definition) is 0. The second-order valence-electron chi connectivity index (χ2n) is 4.10. The number of ketones is 6. The van der Waals surface area contributed by atoms with Crippen molar-refractivity contribution in [3.8, 4) is 0 Å². The van der Waals surface area contributed by atoms with Gasteiger partial charge in [-0.25, -0.2) is 0 Å². The van der Waals surface area contributed by atoms with Gasteiger partial charge in [-0.2, -0.15) is 0 Å². The van der Waals surface area contributed by atoms with Crippen LogP contribution < -0.4 is 0 Å². The zero-order valence-electron chi connectivity index (χ0n) is 14.0. The Kier molecular flexibility index (Phi) is 30.5. The van der Waals surface area contributed by atoms with Gasteiger partial charge in [0.15, 0.2) is 0 Å². The van der Waals surface area contributed by atoms with E-state index in [1.165, 1.54) is 41.5 Å². The Labute approximate surface area is 168 Å². The third-order valence-electron chi connectivity index (χ3n) is 1.22. The molecular weight excluding hydrogens is 449 g/mol. The first kappa shape index (κ1) is 33.5. The number of Topliss-reactive ketones (excluding diaryl/α,β-unsaturated/α-hetero) is 6.